The van der Waals surface area contributed by atoms with Crippen LogP contribution < -0.4 is 0 Å². The van der Waals surface area contributed by atoms with Crippen molar-refractivity contribution in [2.24, 2.45) is 4.99 Å². The van der Waals surface area contributed by atoms with Gasteiger partial charge >= 0.3 is 5.97 Å². The number of carboxylic acid groups (broad SMARTS) is 1. The maximum atomic E-state index is 11.4. The van der Waals surface area contributed by atoms with E-state index in [0.717, 1.165) is 32.6 Å². The normalized spacial score (nSPS) is 14.5. The molecule has 1 aromatic carbocycles. The number of rotatable bonds is 2. The van der Waals surface area contributed by atoms with Crippen LogP contribution in [0.2, 0.25) is 5.02 Å². The number of hydrogen-bond donors (Lipinski definition) is 1. The Morgan fingerprint density at radius 1 is 1.19 bits per heavy atom. The van der Waals surface area contributed by atoms with Gasteiger partial charge in [0.2, 0.25) is 0 Å². The predicted molar refractivity (Wildman–Crippen MR) is 106 cm³/mol. The lowest BCUT2D eigenvalue weighted by atomic mass is 10.00. The van der Waals surface area contributed by atoms with E-state index < -0.39 is 5.97 Å². The number of benzene rings is 1. The highest BCUT2D eigenvalue weighted by Gasteiger charge is 2.29. The first-order valence-corrected chi connectivity index (χ1v) is 9.38. The van der Waals surface area contributed by atoms with Gasteiger partial charge in [-0.25, -0.2) is 9.79 Å². The number of aliphatic carboxylic acids is 1. The van der Waals surface area contributed by atoms with Crippen LogP contribution in [0.3, 0.4) is 0 Å². The summed E-state index contributed by atoms with van der Waals surface area (Å²) in [5.74, 6) is 0.00674. The van der Waals surface area contributed by atoms with Gasteiger partial charge in [0, 0.05) is 21.0 Å². The summed E-state index contributed by atoms with van der Waals surface area (Å²) in [5.41, 5.74) is 3.86. The molecule has 1 N–H and O–H groups in total. The molecule has 8 heteroatoms. The number of thiophene rings is 1. The van der Waals surface area contributed by atoms with Crippen LogP contribution in [-0.2, 0) is 4.79 Å². The fraction of sp³-hybridized carbons (Fsp3) is 0.158. The zero-order chi connectivity index (χ0) is 19.3. The van der Waals surface area contributed by atoms with Gasteiger partial charge in [-0.15, -0.1) is 21.5 Å². The molecule has 27 heavy (non-hydrogen) atoms. The molecule has 0 spiro atoms. The Bertz CT molecular complexity index is 1140. The molecule has 1 aliphatic rings. The Morgan fingerprint density at radius 3 is 2.56 bits per heavy atom. The van der Waals surface area contributed by atoms with E-state index in [1.54, 1.807) is 23.5 Å². The highest BCUT2D eigenvalue weighted by molar-refractivity contribution is 7.15. The van der Waals surface area contributed by atoms with Crippen LogP contribution in [0.4, 0.5) is 0 Å². The second kappa shape index (κ2) is 6.44. The van der Waals surface area contributed by atoms with Gasteiger partial charge in [-0.1, -0.05) is 23.7 Å². The van der Waals surface area contributed by atoms with Crippen molar-refractivity contribution in [1.29, 1.82) is 0 Å². The van der Waals surface area contributed by atoms with Gasteiger partial charge in [-0.2, -0.15) is 0 Å². The van der Waals surface area contributed by atoms with Crippen molar-refractivity contribution in [3.63, 3.8) is 0 Å². The summed E-state index contributed by atoms with van der Waals surface area (Å²) in [7, 11) is 0. The Labute approximate surface area is 164 Å². The van der Waals surface area contributed by atoms with Gasteiger partial charge in [0.05, 0.1) is 11.8 Å². The standard InChI is InChI=1S/C19H15ClN4O2S/c1-9-10(2)27-19-16(9)17(12-4-6-13(20)7-5-12)21-14(8-15(25)26)18-23-22-11(3)24(18)19/h4-8H,1-3H3,(H,25,26)/b14-8-. The van der Waals surface area contributed by atoms with Crippen molar-refractivity contribution in [2.75, 3.05) is 0 Å². The topological polar surface area (TPSA) is 80.4 Å². The summed E-state index contributed by atoms with van der Waals surface area (Å²) < 4.78 is 1.88. The molecule has 1 aliphatic heterocycles. The number of aryl methyl sites for hydroxylation is 2. The molecule has 4 rings (SSSR count). The number of halogens is 1. The predicted octanol–water partition coefficient (Wildman–Crippen LogP) is 4.18. The molecule has 136 valence electrons. The number of carboxylic acids is 1. The molecular weight excluding hydrogens is 384 g/mol. The van der Waals surface area contributed by atoms with Crippen molar-refractivity contribution in [2.45, 2.75) is 20.8 Å². The lowest BCUT2D eigenvalue weighted by Crippen LogP contribution is -2.07. The second-order valence-electron chi connectivity index (χ2n) is 6.20. The average Bonchev–Trinajstić information content (AvgIpc) is 3.08. The van der Waals surface area contributed by atoms with Crippen LogP contribution in [0, 0.1) is 20.8 Å². The third kappa shape index (κ3) is 2.89. The summed E-state index contributed by atoms with van der Waals surface area (Å²) in [5, 5.41) is 19.2. The van der Waals surface area contributed by atoms with Crippen molar-refractivity contribution < 1.29 is 9.90 Å². The van der Waals surface area contributed by atoms with Crippen molar-refractivity contribution in [3.05, 3.63) is 68.6 Å². The average molecular weight is 399 g/mol. The molecule has 0 radical (unpaired) electrons. The third-order valence-electron chi connectivity index (χ3n) is 4.47. The molecule has 3 aromatic rings. The first-order valence-electron chi connectivity index (χ1n) is 8.19. The number of aliphatic imine (C=N–C) groups is 1. The minimum atomic E-state index is -1.09. The van der Waals surface area contributed by atoms with E-state index in [1.165, 1.54) is 0 Å². The Kier molecular flexibility index (Phi) is 4.20. The van der Waals surface area contributed by atoms with Crippen LogP contribution in [0.25, 0.3) is 10.7 Å². The Morgan fingerprint density at radius 2 is 1.89 bits per heavy atom. The molecule has 0 saturated carbocycles. The van der Waals surface area contributed by atoms with Crippen molar-refractivity contribution in [3.8, 4) is 5.00 Å². The van der Waals surface area contributed by atoms with Gasteiger partial charge in [0.15, 0.2) is 5.82 Å². The molecule has 6 nitrogen and oxygen atoms in total. The number of fused-ring (bicyclic) bond motifs is 3. The van der Waals surface area contributed by atoms with Gasteiger partial charge in [0.1, 0.15) is 16.5 Å². The number of aromatic nitrogens is 3. The lowest BCUT2D eigenvalue weighted by Gasteiger charge is -2.09. The van der Waals surface area contributed by atoms with E-state index in [1.807, 2.05) is 30.5 Å². The van der Waals surface area contributed by atoms with Crippen molar-refractivity contribution in [1.82, 2.24) is 14.8 Å². The van der Waals surface area contributed by atoms with E-state index in [-0.39, 0.29) is 5.70 Å². The van der Waals surface area contributed by atoms with Crippen LogP contribution in [0.1, 0.15) is 33.2 Å². The maximum Gasteiger partial charge on any atom is 0.330 e. The summed E-state index contributed by atoms with van der Waals surface area (Å²) in [6, 6.07) is 7.36. The molecule has 0 atom stereocenters. The Balaban J connectivity index is 2.10. The van der Waals surface area contributed by atoms with Crippen LogP contribution in [-0.4, -0.2) is 31.6 Å². The van der Waals surface area contributed by atoms with E-state index in [9.17, 15) is 9.90 Å². The lowest BCUT2D eigenvalue weighted by molar-refractivity contribution is -0.131. The van der Waals surface area contributed by atoms with Gasteiger partial charge in [-0.05, 0) is 38.5 Å². The first kappa shape index (κ1) is 17.6. The summed E-state index contributed by atoms with van der Waals surface area (Å²) in [6.45, 7) is 5.94. The quantitative estimate of drug-likeness (QED) is 0.656. The highest BCUT2D eigenvalue weighted by Crippen LogP contribution is 2.38. The molecule has 0 amide bonds. The minimum Gasteiger partial charge on any atom is -0.478 e. The fourth-order valence-corrected chi connectivity index (χ4v) is 4.41. The summed E-state index contributed by atoms with van der Waals surface area (Å²) in [6.07, 6.45) is 1.06. The monoisotopic (exact) mass is 398 g/mol. The second-order valence-corrected chi connectivity index (χ2v) is 7.84. The minimum absolute atomic E-state index is 0.258. The summed E-state index contributed by atoms with van der Waals surface area (Å²) in [4.78, 5) is 17.3. The van der Waals surface area contributed by atoms with E-state index in [2.05, 4.69) is 17.1 Å². The third-order valence-corrected chi connectivity index (χ3v) is 5.92. The van der Waals surface area contributed by atoms with Gasteiger partial charge in [0.25, 0.3) is 0 Å². The van der Waals surface area contributed by atoms with Crippen molar-refractivity contribution >= 4 is 40.3 Å². The van der Waals surface area contributed by atoms with Gasteiger partial charge in [-0.3, -0.25) is 4.57 Å². The highest BCUT2D eigenvalue weighted by atomic mass is 35.5. The fourth-order valence-electron chi connectivity index (χ4n) is 3.07. The molecule has 0 aliphatic carbocycles. The zero-order valence-electron chi connectivity index (χ0n) is 14.8. The molecule has 0 bridgehead atoms. The summed E-state index contributed by atoms with van der Waals surface area (Å²) >= 11 is 7.66. The van der Waals surface area contributed by atoms with E-state index in [4.69, 9.17) is 16.6 Å². The first-order chi connectivity index (χ1) is 12.9. The number of nitrogens with zero attached hydrogens (tertiary/aromatic N) is 4. The molecular formula is C19H15ClN4O2S. The molecule has 0 saturated heterocycles. The van der Waals surface area contributed by atoms with Gasteiger partial charge < -0.3 is 5.11 Å². The Hall–Kier alpha value is -2.77. The largest absolute Gasteiger partial charge is 0.478 e. The molecule has 3 heterocycles. The van der Waals surface area contributed by atoms with E-state index >= 15 is 0 Å². The maximum absolute atomic E-state index is 11.4. The smallest absolute Gasteiger partial charge is 0.330 e. The molecule has 0 fully saturated rings. The van der Waals surface area contributed by atoms with Crippen LogP contribution in [0.5, 0.6) is 0 Å². The number of carbonyl (C=O) groups is 1. The van der Waals surface area contributed by atoms with Crippen LogP contribution >= 0.6 is 22.9 Å². The van der Waals surface area contributed by atoms with E-state index in [0.29, 0.717) is 22.4 Å². The SMILES string of the molecule is Cc1sc2c(c1C)C(c1ccc(Cl)cc1)=N/C(=C\C(=O)O)c1nnc(C)n1-2. The van der Waals surface area contributed by atoms with Crippen LogP contribution in [0.15, 0.2) is 35.3 Å². The zero-order valence-corrected chi connectivity index (χ0v) is 16.4. The molecule has 2 aromatic heterocycles. The number of hydrogen-bond acceptors (Lipinski definition) is 5. The molecule has 0 unspecified atom stereocenters.